The summed E-state index contributed by atoms with van der Waals surface area (Å²) in [6, 6.07) is 5.86. The van der Waals surface area contributed by atoms with Crippen LogP contribution >= 0.6 is 0 Å². The minimum atomic E-state index is 0. The average molecular weight is 347 g/mol. The van der Waals surface area contributed by atoms with Gasteiger partial charge >= 0.3 is 0 Å². The minimum Gasteiger partial charge on any atom is -0.377 e. The van der Waals surface area contributed by atoms with Crippen molar-refractivity contribution in [2.24, 2.45) is 0 Å². The zero-order valence-corrected chi connectivity index (χ0v) is 9.32. The van der Waals surface area contributed by atoms with E-state index in [1.807, 2.05) is 54.8 Å². The van der Waals surface area contributed by atoms with Gasteiger partial charge in [-0.1, -0.05) is 18.1 Å². The predicted octanol–water partition coefficient (Wildman–Crippen LogP) is 1.55. The third-order valence-electron chi connectivity index (χ3n) is 1.63. The molecule has 0 N–H and O–H groups in total. The first-order valence-electron chi connectivity index (χ1n) is 3.84. The fourth-order valence-corrected chi connectivity index (χ4v) is 1.06. The normalized spacial score (nSPS) is 13.4. The first kappa shape index (κ1) is 10.2. The fourth-order valence-electron chi connectivity index (χ4n) is 1.06. The molecule has 1 aliphatic rings. The number of hydrogen-bond donors (Lipinski definition) is 0. The van der Waals surface area contributed by atoms with Gasteiger partial charge in [-0.05, 0) is 24.4 Å². The van der Waals surface area contributed by atoms with Gasteiger partial charge in [-0.15, -0.1) is 0 Å². The minimum absolute atomic E-state index is 0. The van der Waals surface area contributed by atoms with Gasteiger partial charge in [-0.2, -0.15) is 0 Å². The number of pyridine rings is 1. The van der Waals surface area contributed by atoms with E-state index < -0.39 is 0 Å². The number of aromatic nitrogens is 1. The van der Waals surface area contributed by atoms with E-state index in [-0.39, 0.29) is 20.1 Å². The summed E-state index contributed by atoms with van der Waals surface area (Å²) in [6.45, 7) is 0. The van der Waals surface area contributed by atoms with Crippen LogP contribution in [0.1, 0.15) is 0 Å². The Kier molecular flexibility index (Phi) is 3.93. The molecule has 0 aromatic carbocycles. The van der Waals surface area contributed by atoms with Crippen LogP contribution in [-0.2, 0) is 20.1 Å². The molecule has 0 bridgehead atoms. The zero-order chi connectivity index (χ0) is 8.23. The Balaban J connectivity index is 0.000000845. The monoisotopic (exact) mass is 348 g/mol. The van der Waals surface area contributed by atoms with Gasteiger partial charge in [0.15, 0.2) is 0 Å². The molecule has 0 fully saturated rings. The molecule has 2 nitrogen and oxygen atoms in total. The quantitative estimate of drug-likeness (QED) is 0.717. The summed E-state index contributed by atoms with van der Waals surface area (Å²) in [5.41, 5.74) is 0. The molecular formula is C9H8BIrN2. The van der Waals surface area contributed by atoms with Crippen LogP contribution in [0, 0.1) is 0 Å². The van der Waals surface area contributed by atoms with Gasteiger partial charge in [0.25, 0.3) is 7.41 Å². The van der Waals surface area contributed by atoms with Gasteiger partial charge in [-0.3, -0.25) is 0 Å². The van der Waals surface area contributed by atoms with Crippen molar-refractivity contribution in [3.05, 3.63) is 48.7 Å². The zero-order valence-electron chi connectivity index (χ0n) is 6.92. The van der Waals surface area contributed by atoms with E-state index in [0.29, 0.717) is 0 Å². The Morgan fingerprint density at radius 3 is 2.77 bits per heavy atom. The molecule has 0 unspecified atom stereocenters. The van der Waals surface area contributed by atoms with Crippen LogP contribution < -0.4 is 4.81 Å². The Morgan fingerprint density at radius 2 is 2.15 bits per heavy atom. The third-order valence-corrected chi connectivity index (χ3v) is 1.63. The molecule has 2 radical (unpaired) electrons. The summed E-state index contributed by atoms with van der Waals surface area (Å²) in [7, 11) is 1.97. The summed E-state index contributed by atoms with van der Waals surface area (Å²) >= 11 is 0. The van der Waals surface area contributed by atoms with E-state index in [2.05, 4.69) is 4.98 Å². The molecule has 0 amide bonds. The first-order chi connectivity index (χ1) is 5.97. The van der Waals surface area contributed by atoms with Crippen molar-refractivity contribution in [1.82, 2.24) is 4.98 Å². The first-order valence-corrected chi connectivity index (χ1v) is 3.84. The molecule has 0 atom stereocenters. The number of allylic oxidation sites excluding steroid dienone is 2. The number of hydrogen-bond acceptors (Lipinski definition) is 2. The molecule has 1 aromatic heterocycles. The van der Waals surface area contributed by atoms with Crippen molar-refractivity contribution in [2.75, 3.05) is 4.81 Å². The molecule has 0 aliphatic carbocycles. The number of rotatable bonds is 1. The SMILES string of the molecule is [B]1C=CC=CN1c1ccccn1.[Ir]. The topological polar surface area (TPSA) is 16.1 Å². The summed E-state index contributed by atoms with van der Waals surface area (Å²) in [5, 5.41) is 0. The molecule has 2 heterocycles. The van der Waals surface area contributed by atoms with Gasteiger partial charge in [0.2, 0.25) is 0 Å². The molecule has 1 aliphatic heterocycles. The van der Waals surface area contributed by atoms with E-state index in [9.17, 15) is 0 Å². The van der Waals surface area contributed by atoms with Crippen LogP contribution in [0.4, 0.5) is 5.82 Å². The Bertz CT molecular complexity index is 311. The molecule has 0 saturated carbocycles. The van der Waals surface area contributed by atoms with Crippen LogP contribution in [-0.4, -0.2) is 12.4 Å². The van der Waals surface area contributed by atoms with Crippen molar-refractivity contribution >= 4 is 13.2 Å². The number of anilines is 1. The number of nitrogens with zero attached hydrogens (tertiary/aromatic N) is 2. The van der Waals surface area contributed by atoms with Crippen LogP contribution in [0.5, 0.6) is 0 Å². The van der Waals surface area contributed by atoms with Crippen molar-refractivity contribution in [1.29, 1.82) is 0 Å². The van der Waals surface area contributed by atoms with Crippen molar-refractivity contribution < 1.29 is 20.1 Å². The third kappa shape index (κ3) is 2.54. The summed E-state index contributed by atoms with van der Waals surface area (Å²) in [4.78, 5) is 6.18. The smallest absolute Gasteiger partial charge is 0.284 e. The maximum Gasteiger partial charge on any atom is 0.284 e. The molecule has 13 heavy (non-hydrogen) atoms. The summed E-state index contributed by atoms with van der Waals surface area (Å²) in [6.07, 6.45) is 7.73. The largest absolute Gasteiger partial charge is 0.377 e. The molecule has 1 aromatic rings. The summed E-state index contributed by atoms with van der Waals surface area (Å²) in [5.74, 6) is 2.92. The van der Waals surface area contributed by atoms with Crippen LogP contribution in [0.25, 0.3) is 0 Å². The molecule has 4 heteroatoms. The van der Waals surface area contributed by atoms with Gasteiger partial charge in [-0.25, -0.2) is 4.98 Å². The standard InChI is InChI=1S/C9H8BN2.Ir/c1-3-7-11-9(5-1)12-8-4-2-6-10-12;/h1-8H;. The van der Waals surface area contributed by atoms with Crippen molar-refractivity contribution in [2.45, 2.75) is 0 Å². The van der Waals surface area contributed by atoms with Gasteiger partial charge in [0.05, 0.1) is 0 Å². The van der Waals surface area contributed by atoms with Crippen molar-refractivity contribution in [3.63, 3.8) is 0 Å². The van der Waals surface area contributed by atoms with Crippen LogP contribution in [0.2, 0.25) is 0 Å². The van der Waals surface area contributed by atoms with E-state index in [1.165, 1.54) is 0 Å². The fraction of sp³-hybridized carbons (Fsp3) is 0. The molecule has 0 spiro atoms. The maximum absolute atomic E-state index is 4.21. The average Bonchev–Trinajstić information content (AvgIpc) is 2.21. The molecule has 2 rings (SSSR count). The van der Waals surface area contributed by atoms with E-state index in [0.717, 1.165) is 5.82 Å². The molecule has 0 saturated heterocycles. The second kappa shape index (κ2) is 5.00. The van der Waals surface area contributed by atoms with E-state index >= 15 is 0 Å². The van der Waals surface area contributed by atoms with Crippen molar-refractivity contribution in [3.8, 4) is 0 Å². The molecular weight excluding hydrogens is 339 g/mol. The van der Waals surface area contributed by atoms with E-state index in [1.54, 1.807) is 6.20 Å². The van der Waals surface area contributed by atoms with Gasteiger partial charge in [0, 0.05) is 26.3 Å². The van der Waals surface area contributed by atoms with Crippen LogP contribution in [0.15, 0.2) is 48.7 Å². The molecule has 66 valence electrons. The van der Waals surface area contributed by atoms with Crippen LogP contribution in [0.3, 0.4) is 0 Å². The predicted molar refractivity (Wildman–Crippen MR) is 50.8 cm³/mol. The van der Waals surface area contributed by atoms with Gasteiger partial charge in [0.1, 0.15) is 5.82 Å². The van der Waals surface area contributed by atoms with Gasteiger partial charge < -0.3 is 4.81 Å². The Labute approximate surface area is 92.0 Å². The van der Waals surface area contributed by atoms with E-state index in [4.69, 9.17) is 0 Å². The Hall–Kier alpha value is -0.856. The second-order valence-electron chi connectivity index (χ2n) is 2.47. The maximum atomic E-state index is 4.21. The summed E-state index contributed by atoms with van der Waals surface area (Å²) < 4.78 is 0. The second-order valence-corrected chi connectivity index (χ2v) is 2.47. The Morgan fingerprint density at radius 1 is 1.23 bits per heavy atom.